The van der Waals surface area contributed by atoms with Crippen molar-refractivity contribution in [3.8, 4) is 10.4 Å². The maximum Gasteiger partial charge on any atom is 0.356 e. The van der Waals surface area contributed by atoms with E-state index in [2.05, 4.69) is 20.9 Å². The van der Waals surface area contributed by atoms with Gasteiger partial charge in [0.1, 0.15) is 0 Å². The summed E-state index contributed by atoms with van der Waals surface area (Å²) < 4.78 is 0.986. The lowest BCUT2D eigenvalue weighted by atomic mass is 9.98. The lowest BCUT2D eigenvalue weighted by Gasteiger charge is -2.13. The van der Waals surface area contributed by atoms with Crippen LogP contribution in [0.3, 0.4) is 0 Å². The molecule has 6 heteroatoms. The van der Waals surface area contributed by atoms with Crippen molar-refractivity contribution in [3.05, 3.63) is 25.9 Å². The van der Waals surface area contributed by atoms with Crippen molar-refractivity contribution in [3.63, 3.8) is 0 Å². The molecule has 2 heterocycles. The molecule has 96 valence electrons. The molecule has 0 aromatic carbocycles. The second-order valence-electron chi connectivity index (χ2n) is 4.89. The molecule has 0 aliphatic heterocycles. The fraction of sp³-hybridized carbons (Fsp3) is 0.333. The molecule has 0 atom stereocenters. The molecule has 0 saturated heterocycles. The van der Waals surface area contributed by atoms with Gasteiger partial charge < -0.3 is 5.11 Å². The number of aromatic nitrogens is 1. The first kappa shape index (κ1) is 13.7. The molecular formula is C12H12BrNO2S2. The highest BCUT2D eigenvalue weighted by atomic mass is 79.9. The number of thiophene rings is 1. The lowest BCUT2D eigenvalue weighted by Crippen LogP contribution is -2.11. The first-order chi connectivity index (χ1) is 8.29. The number of hydrogen-bond donors (Lipinski definition) is 1. The monoisotopic (exact) mass is 345 g/mol. The van der Waals surface area contributed by atoms with E-state index in [0.29, 0.717) is 0 Å². The molecule has 0 unspecified atom stereocenters. The van der Waals surface area contributed by atoms with Gasteiger partial charge in [0.2, 0.25) is 0 Å². The van der Waals surface area contributed by atoms with Gasteiger partial charge >= 0.3 is 5.97 Å². The van der Waals surface area contributed by atoms with E-state index < -0.39 is 5.97 Å². The minimum atomic E-state index is -0.973. The lowest BCUT2D eigenvalue weighted by molar-refractivity contribution is 0.0692. The molecule has 2 aromatic rings. The highest BCUT2D eigenvalue weighted by molar-refractivity contribution is 9.11. The van der Waals surface area contributed by atoms with Crippen molar-refractivity contribution in [2.45, 2.75) is 26.2 Å². The third-order valence-corrected chi connectivity index (χ3v) is 5.34. The van der Waals surface area contributed by atoms with E-state index in [1.807, 2.05) is 32.2 Å². The number of rotatable bonds is 2. The van der Waals surface area contributed by atoms with Crippen LogP contribution in [0.1, 0.15) is 36.3 Å². The zero-order valence-corrected chi connectivity index (χ0v) is 13.4. The fourth-order valence-electron chi connectivity index (χ4n) is 1.41. The summed E-state index contributed by atoms with van der Waals surface area (Å²) in [5, 5.41) is 12.0. The highest BCUT2D eigenvalue weighted by Crippen LogP contribution is 2.38. The summed E-state index contributed by atoms with van der Waals surface area (Å²) in [6.45, 7) is 6.10. The van der Waals surface area contributed by atoms with Gasteiger partial charge in [-0.3, -0.25) is 0 Å². The minimum absolute atomic E-state index is 0.139. The molecule has 0 fully saturated rings. The molecule has 0 bridgehead atoms. The van der Waals surface area contributed by atoms with Gasteiger partial charge in [0.25, 0.3) is 0 Å². The molecule has 0 radical (unpaired) electrons. The van der Waals surface area contributed by atoms with Crippen LogP contribution in [-0.4, -0.2) is 16.1 Å². The van der Waals surface area contributed by atoms with Crippen molar-refractivity contribution >= 4 is 44.6 Å². The summed E-state index contributed by atoms with van der Waals surface area (Å²) >= 11 is 6.39. The Kier molecular flexibility index (Phi) is 3.62. The second-order valence-corrected chi connectivity index (χ2v) is 8.18. The average molecular weight is 346 g/mol. The molecule has 18 heavy (non-hydrogen) atoms. The van der Waals surface area contributed by atoms with Crippen LogP contribution in [0.15, 0.2) is 15.2 Å². The van der Waals surface area contributed by atoms with Crippen LogP contribution < -0.4 is 0 Å². The SMILES string of the molecule is CC(C)(C)c1nc(C(=O)O)c(-c2csc(Br)c2)s1. The van der Waals surface area contributed by atoms with Crippen LogP contribution in [0, 0.1) is 0 Å². The molecule has 3 nitrogen and oxygen atoms in total. The van der Waals surface area contributed by atoms with Crippen LogP contribution in [0.25, 0.3) is 10.4 Å². The third kappa shape index (κ3) is 2.65. The molecule has 0 aliphatic rings. The van der Waals surface area contributed by atoms with Crippen LogP contribution >= 0.6 is 38.6 Å². The van der Waals surface area contributed by atoms with Crippen molar-refractivity contribution in [1.29, 1.82) is 0 Å². The van der Waals surface area contributed by atoms with Gasteiger partial charge in [-0.2, -0.15) is 0 Å². The van der Waals surface area contributed by atoms with Crippen LogP contribution in [0.2, 0.25) is 0 Å². The number of nitrogens with zero attached hydrogens (tertiary/aromatic N) is 1. The Bertz CT molecular complexity index is 595. The van der Waals surface area contributed by atoms with E-state index in [1.54, 1.807) is 0 Å². The van der Waals surface area contributed by atoms with E-state index in [4.69, 9.17) is 0 Å². The van der Waals surface area contributed by atoms with E-state index in [9.17, 15) is 9.90 Å². The van der Waals surface area contributed by atoms with Gasteiger partial charge in [-0.05, 0) is 22.0 Å². The smallest absolute Gasteiger partial charge is 0.356 e. The number of aromatic carboxylic acids is 1. The quantitative estimate of drug-likeness (QED) is 0.863. The third-order valence-electron chi connectivity index (χ3n) is 2.30. The Morgan fingerprint density at radius 1 is 1.44 bits per heavy atom. The van der Waals surface area contributed by atoms with Crippen molar-refractivity contribution in [2.24, 2.45) is 0 Å². The summed E-state index contributed by atoms with van der Waals surface area (Å²) in [6.07, 6.45) is 0. The molecule has 0 spiro atoms. The number of hydrogen-bond acceptors (Lipinski definition) is 4. The number of carbonyl (C=O) groups is 1. The largest absolute Gasteiger partial charge is 0.476 e. The summed E-state index contributed by atoms with van der Waals surface area (Å²) in [4.78, 5) is 16.3. The minimum Gasteiger partial charge on any atom is -0.476 e. The summed E-state index contributed by atoms with van der Waals surface area (Å²) in [6, 6.07) is 1.93. The summed E-state index contributed by atoms with van der Waals surface area (Å²) in [5.74, 6) is -0.973. The Morgan fingerprint density at radius 2 is 2.11 bits per heavy atom. The Balaban J connectivity index is 2.59. The van der Waals surface area contributed by atoms with Gasteiger partial charge in [-0.15, -0.1) is 22.7 Å². The number of carboxylic acid groups (broad SMARTS) is 1. The van der Waals surface area contributed by atoms with Crippen LogP contribution in [0.4, 0.5) is 0 Å². The van der Waals surface area contributed by atoms with Crippen LogP contribution in [0.5, 0.6) is 0 Å². The molecule has 2 aromatic heterocycles. The van der Waals surface area contributed by atoms with Gasteiger partial charge in [0.05, 0.1) is 13.7 Å². The van der Waals surface area contributed by atoms with Crippen molar-refractivity contribution in [1.82, 2.24) is 4.98 Å². The standard InChI is InChI=1S/C12H12BrNO2S2/c1-12(2,3)11-14-8(10(15)16)9(18-11)6-4-7(13)17-5-6/h4-5H,1-3H3,(H,15,16). The fourth-order valence-corrected chi connectivity index (χ4v) is 3.73. The molecule has 0 amide bonds. The Morgan fingerprint density at radius 3 is 2.56 bits per heavy atom. The first-order valence-corrected chi connectivity index (χ1v) is 7.77. The second kappa shape index (κ2) is 4.75. The van der Waals surface area contributed by atoms with E-state index in [1.165, 1.54) is 22.7 Å². The van der Waals surface area contributed by atoms with Gasteiger partial charge in [0, 0.05) is 16.4 Å². The molecule has 2 rings (SSSR count). The molecule has 0 saturated carbocycles. The highest BCUT2D eigenvalue weighted by Gasteiger charge is 2.25. The zero-order valence-electron chi connectivity index (χ0n) is 10.2. The van der Waals surface area contributed by atoms with Gasteiger partial charge in [0.15, 0.2) is 5.69 Å². The average Bonchev–Trinajstić information content (AvgIpc) is 2.81. The first-order valence-electron chi connectivity index (χ1n) is 5.28. The van der Waals surface area contributed by atoms with Crippen molar-refractivity contribution in [2.75, 3.05) is 0 Å². The predicted molar refractivity (Wildman–Crippen MR) is 78.8 cm³/mol. The Hall–Kier alpha value is -0.720. The maximum absolute atomic E-state index is 11.3. The zero-order chi connectivity index (χ0) is 13.5. The normalized spacial score (nSPS) is 11.8. The van der Waals surface area contributed by atoms with E-state index in [-0.39, 0.29) is 11.1 Å². The predicted octanol–water partition coefficient (Wildman–Crippen LogP) is 4.63. The van der Waals surface area contributed by atoms with Crippen molar-refractivity contribution < 1.29 is 9.90 Å². The molecule has 1 N–H and O–H groups in total. The van der Waals surface area contributed by atoms with Gasteiger partial charge in [-0.25, -0.2) is 9.78 Å². The summed E-state index contributed by atoms with van der Waals surface area (Å²) in [7, 11) is 0. The molecular weight excluding hydrogens is 334 g/mol. The van der Waals surface area contributed by atoms with E-state index >= 15 is 0 Å². The number of thiazole rings is 1. The topological polar surface area (TPSA) is 50.2 Å². The summed E-state index contributed by atoms with van der Waals surface area (Å²) in [5.41, 5.74) is 0.924. The van der Waals surface area contributed by atoms with E-state index in [0.717, 1.165) is 19.2 Å². The Labute approximate surface area is 122 Å². The number of carboxylic acids is 1. The maximum atomic E-state index is 11.3. The van der Waals surface area contributed by atoms with Crippen LogP contribution in [-0.2, 0) is 5.41 Å². The number of halogens is 1. The molecule has 0 aliphatic carbocycles. The van der Waals surface area contributed by atoms with Gasteiger partial charge in [-0.1, -0.05) is 20.8 Å².